The third kappa shape index (κ3) is 2.90. The third-order valence-electron chi connectivity index (χ3n) is 1.71. The van der Waals surface area contributed by atoms with Gasteiger partial charge in [0.1, 0.15) is 12.7 Å². The normalized spacial score (nSPS) is 12.0. The van der Waals surface area contributed by atoms with Crippen LogP contribution in [0.1, 0.15) is 11.7 Å². The van der Waals surface area contributed by atoms with E-state index in [1.807, 2.05) is 30.3 Å². The SMILES string of the molecule is C#CCO[C@H](CO)c1ccccc1. The molecule has 0 aliphatic heterocycles. The molecular formula is C11H12O2. The molecule has 0 spiro atoms. The van der Waals surface area contributed by atoms with Crippen LogP contribution in [0.15, 0.2) is 30.3 Å². The van der Waals surface area contributed by atoms with Gasteiger partial charge in [-0.2, -0.15) is 0 Å². The van der Waals surface area contributed by atoms with Crippen molar-refractivity contribution in [3.05, 3.63) is 35.9 Å². The highest BCUT2D eigenvalue weighted by atomic mass is 16.5. The molecule has 0 bridgehead atoms. The number of aliphatic hydroxyl groups excluding tert-OH is 1. The van der Waals surface area contributed by atoms with Crippen LogP contribution in [0.3, 0.4) is 0 Å². The Morgan fingerprint density at radius 3 is 2.62 bits per heavy atom. The van der Waals surface area contributed by atoms with E-state index < -0.39 is 0 Å². The van der Waals surface area contributed by atoms with Gasteiger partial charge in [-0.15, -0.1) is 6.42 Å². The fourth-order valence-electron chi connectivity index (χ4n) is 1.07. The maximum atomic E-state index is 9.01. The summed E-state index contributed by atoms with van der Waals surface area (Å²) in [6.45, 7) is 0.172. The summed E-state index contributed by atoms with van der Waals surface area (Å²) >= 11 is 0. The molecule has 1 N–H and O–H groups in total. The molecule has 0 heterocycles. The first kappa shape index (κ1) is 9.79. The largest absolute Gasteiger partial charge is 0.393 e. The second kappa shape index (κ2) is 5.36. The molecule has 2 nitrogen and oxygen atoms in total. The lowest BCUT2D eigenvalue weighted by Gasteiger charge is -2.13. The third-order valence-corrected chi connectivity index (χ3v) is 1.71. The summed E-state index contributed by atoms with van der Waals surface area (Å²) in [5, 5.41) is 9.01. The molecule has 0 aliphatic carbocycles. The number of terminal acetylenes is 1. The molecule has 0 saturated carbocycles. The van der Waals surface area contributed by atoms with Gasteiger partial charge in [0.2, 0.25) is 0 Å². The molecule has 1 atom stereocenters. The number of benzene rings is 1. The smallest absolute Gasteiger partial charge is 0.108 e. The maximum absolute atomic E-state index is 9.01. The Balaban J connectivity index is 2.63. The van der Waals surface area contributed by atoms with E-state index in [-0.39, 0.29) is 19.3 Å². The number of ether oxygens (including phenoxy) is 1. The zero-order valence-electron chi connectivity index (χ0n) is 7.31. The van der Waals surface area contributed by atoms with Crippen molar-refractivity contribution in [1.29, 1.82) is 0 Å². The van der Waals surface area contributed by atoms with Gasteiger partial charge in [0, 0.05) is 0 Å². The van der Waals surface area contributed by atoms with Crippen molar-refractivity contribution in [2.75, 3.05) is 13.2 Å². The lowest BCUT2D eigenvalue weighted by molar-refractivity contribution is 0.0302. The quantitative estimate of drug-likeness (QED) is 0.702. The van der Waals surface area contributed by atoms with Crippen molar-refractivity contribution in [3.8, 4) is 12.3 Å². The topological polar surface area (TPSA) is 29.5 Å². The summed E-state index contributed by atoms with van der Waals surface area (Å²) < 4.78 is 5.24. The van der Waals surface area contributed by atoms with Gasteiger partial charge in [0.15, 0.2) is 0 Å². The van der Waals surface area contributed by atoms with E-state index in [2.05, 4.69) is 5.92 Å². The molecule has 0 unspecified atom stereocenters. The fraction of sp³-hybridized carbons (Fsp3) is 0.273. The number of hydrogen-bond acceptors (Lipinski definition) is 2. The highest BCUT2D eigenvalue weighted by Gasteiger charge is 2.08. The van der Waals surface area contributed by atoms with Crippen molar-refractivity contribution in [1.82, 2.24) is 0 Å². The maximum Gasteiger partial charge on any atom is 0.108 e. The summed E-state index contributed by atoms with van der Waals surface area (Å²) in [4.78, 5) is 0. The molecule has 2 heteroatoms. The van der Waals surface area contributed by atoms with E-state index in [0.717, 1.165) is 5.56 Å². The summed E-state index contributed by atoms with van der Waals surface area (Å²) in [5.74, 6) is 2.37. The molecule has 13 heavy (non-hydrogen) atoms. The zero-order valence-corrected chi connectivity index (χ0v) is 7.31. The van der Waals surface area contributed by atoms with Gasteiger partial charge in [0.25, 0.3) is 0 Å². The molecule has 0 amide bonds. The second-order valence-electron chi connectivity index (χ2n) is 2.60. The molecule has 0 aliphatic rings. The Morgan fingerprint density at radius 1 is 1.38 bits per heavy atom. The summed E-state index contributed by atoms with van der Waals surface area (Å²) in [5.41, 5.74) is 0.945. The van der Waals surface area contributed by atoms with Gasteiger partial charge in [0.05, 0.1) is 6.61 Å². The number of rotatable bonds is 4. The molecule has 68 valence electrons. The molecule has 0 fully saturated rings. The first-order valence-corrected chi connectivity index (χ1v) is 4.09. The van der Waals surface area contributed by atoms with Crippen LogP contribution in [0, 0.1) is 12.3 Å². The minimum absolute atomic E-state index is 0.0499. The predicted octanol–water partition coefficient (Wildman–Crippen LogP) is 1.37. The average Bonchev–Trinajstić information content (AvgIpc) is 2.21. The van der Waals surface area contributed by atoms with E-state index >= 15 is 0 Å². The van der Waals surface area contributed by atoms with Crippen molar-refractivity contribution in [2.45, 2.75) is 6.10 Å². The van der Waals surface area contributed by atoms with Gasteiger partial charge in [-0.05, 0) is 5.56 Å². The zero-order chi connectivity index (χ0) is 9.52. The van der Waals surface area contributed by atoms with Crippen LogP contribution in [0.25, 0.3) is 0 Å². The number of hydrogen-bond donors (Lipinski definition) is 1. The Hall–Kier alpha value is -1.30. The Morgan fingerprint density at radius 2 is 2.08 bits per heavy atom. The van der Waals surface area contributed by atoms with E-state index in [9.17, 15) is 0 Å². The van der Waals surface area contributed by atoms with E-state index in [1.54, 1.807) is 0 Å². The first-order chi connectivity index (χ1) is 6.38. The Labute approximate surface area is 78.2 Å². The monoisotopic (exact) mass is 176 g/mol. The van der Waals surface area contributed by atoms with Crippen LogP contribution in [-0.4, -0.2) is 18.3 Å². The van der Waals surface area contributed by atoms with Crippen molar-refractivity contribution in [3.63, 3.8) is 0 Å². The van der Waals surface area contributed by atoms with Gasteiger partial charge >= 0.3 is 0 Å². The Bertz CT molecular complexity index is 274. The molecule has 1 aromatic carbocycles. The molecule has 0 saturated heterocycles. The first-order valence-electron chi connectivity index (χ1n) is 4.09. The molecule has 0 radical (unpaired) electrons. The Kier molecular flexibility index (Phi) is 4.04. The number of aliphatic hydroxyl groups is 1. The molecule has 1 aromatic rings. The van der Waals surface area contributed by atoms with Crippen LogP contribution in [0.2, 0.25) is 0 Å². The van der Waals surface area contributed by atoms with Crippen LogP contribution in [-0.2, 0) is 4.74 Å². The van der Waals surface area contributed by atoms with Gasteiger partial charge in [-0.1, -0.05) is 36.3 Å². The average molecular weight is 176 g/mol. The van der Waals surface area contributed by atoms with Crippen LogP contribution in [0.4, 0.5) is 0 Å². The fourth-order valence-corrected chi connectivity index (χ4v) is 1.07. The minimum Gasteiger partial charge on any atom is -0.393 e. The van der Waals surface area contributed by atoms with Crippen LogP contribution < -0.4 is 0 Å². The molecular weight excluding hydrogens is 164 g/mol. The van der Waals surface area contributed by atoms with Gasteiger partial charge in [-0.3, -0.25) is 0 Å². The van der Waals surface area contributed by atoms with E-state index in [0.29, 0.717) is 0 Å². The second-order valence-corrected chi connectivity index (χ2v) is 2.60. The highest BCUT2D eigenvalue weighted by Crippen LogP contribution is 2.15. The lowest BCUT2D eigenvalue weighted by atomic mass is 10.1. The van der Waals surface area contributed by atoms with Crippen molar-refractivity contribution >= 4 is 0 Å². The van der Waals surface area contributed by atoms with Crippen LogP contribution in [0.5, 0.6) is 0 Å². The van der Waals surface area contributed by atoms with Crippen molar-refractivity contribution < 1.29 is 9.84 Å². The summed E-state index contributed by atoms with van der Waals surface area (Å²) in [6.07, 6.45) is 4.74. The minimum atomic E-state index is -0.308. The summed E-state index contributed by atoms with van der Waals surface area (Å²) in [7, 11) is 0. The van der Waals surface area contributed by atoms with Gasteiger partial charge < -0.3 is 9.84 Å². The van der Waals surface area contributed by atoms with Gasteiger partial charge in [-0.25, -0.2) is 0 Å². The highest BCUT2D eigenvalue weighted by molar-refractivity contribution is 5.17. The van der Waals surface area contributed by atoms with Crippen molar-refractivity contribution in [2.24, 2.45) is 0 Å². The van der Waals surface area contributed by atoms with E-state index in [4.69, 9.17) is 16.3 Å². The molecule has 1 rings (SSSR count). The lowest BCUT2D eigenvalue weighted by Crippen LogP contribution is -2.08. The molecule has 0 aromatic heterocycles. The standard InChI is InChI=1S/C11H12O2/c1-2-8-13-11(9-12)10-6-4-3-5-7-10/h1,3-7,11-12H,8-9H2/t11-/m1/s1. The van der Waals surface area contributed by atoms with Crippen LogP contribution >= 0.6 is 0 Å². The predicted molar refractivity (Wildman–Crippen MR) is 51.1 cm³/mol. The van der Waals surface area contributed by atoms with E-state index in [1.165, 1.54) is 0 Å². The summed E-state index contributed by atoms with van der Waals surface area (Å²) in [6, 6.07) is 9.52.